The summed E-state index contributed by atoms with van der Waals surface area (Å²) in [5.41, 5.74) is 0. The highest BCUT2D eigenvalue weighted by atomic mass is 27.2. The summed E-state index contributed by atoms with van der Waals surface area (Å²) >= 11 is -0.318. The largest absolute Gasteiger partial charge is 0.316 e. The molecule has 1 fully saturated rings. The first-order chi connectivity index (χ1) is 4.79. The quantitative estimate of drug-likeness (QED) is 0.549. The van der Waals surface area contributed by atoms with Crippen molar-refractivity contribution in [3.63, 3.8) is 0 Å². The van der Waals surface area contributed by atoms with Gasteiger partial charge in [-0.2, -0.15) is 0 Å². The van der Waals surface area contributed by atoms with Crippen molar-refractivity contribution in [3.05, 3.63) is 0 Å². The molecular weight excluding hydrogens is 137 g/mol. The SMILES string of the molecule is [CH3][Al]([CH3])[CH2]N1CCCCC1. The van der Waals surface area contributed by atoms with E-state index in [0.29, 0.717) is 0 Å². The second kappa shape index (κ2) is 4.39. The van der Waals surface area contributed by atoms with Gasteiger partial charge in [-0.1, -0.05) is 6.42 Å². The molecule has 1 aliphatic heterocycles. The van der Waals surface area contributed by atoms with Crippen molar-refractivity contribution >= 4 is 14.1 Å². The number of likely N-dealkylation sites (tertiary alicyclic amines) is 1. The van der Waals surface area contributed by atoms with Crippen molar-refractivity contribution in [2.45, 2.75) is 30.8 Å². The average molecular weight is 155 g/mol. The van der Waals surface area contributed by atoms with Gasteiger partial charge in [0, 0.05) is 0 Å². The molecule has 2 heteroatoms. The molecule has 0 spiro atoms. The van der Waals surface area contributed by atoms with E-state index in [1.165, 1.54) is 37.8 Å². The fourth-order valence-electron chi connectivity index (χ4n) is 1.66. The first-order valence-electron chi connectivity index (χ1n) is 4.51. The third kappa shape index (κ3) is 3.05. The fourth-order valence-corrected chi connectivity index (χ4v) is 3.06. The first-order valence-corrected chi connectivity index (χ1v) is 7.64. The molecule has 0 amide bonds. The van der Waals surface area contributed by atoms with Crippen molar-refractivity contribution in [3.8, 4) is 0 Å². The van der Waals surface area contributed by atoms with Gasteiger partial charge in [0.15, 0.2) is 0 Å². The molecule has 58 valence electrons. The zero-order valence-corrected chi connectivity index (χ0v) is 8.42. The molecule has 0 aromatic heterocycles. The number of rotatable bonds is 2. The molecule has 1 aliphatic rings. The second-order valence-electron chi connectivity index (χ2n) is 3.76. The van der Waals surface area contributed by atoms with Crippen LogP contribution in [0, 0.1) is 0 Å². The summed E-state index contributed by atoms with van der Waals surface area (Å²) in [6.07, 6.45) is 4.36. The van der Waals surface area contributed by atoms with Crippen molar-refractivity contribution in [1.82, 2.24) is 4.90 Å². The van der Waals surface area contributed by atoms with Crippen molar-refractivity contribution in [2.75, 3.05) is 18.5 Å². The van der Waals surface area contributed by atoms with Gasteiger partial charge in [-0.3, -0.25) is 0 Å². The molecule has 1 saturated heterocycles. The molecule has 0 saturated carbocycles. The average Bonchev–Trinajstić information content (AvgIpc) is 1.88. The predicted octanol–water partition coefficient (Wildman–Crippen LogP) is 1.77. The van der Waals surface area contributed by atoms with E-state index in [1.807, 2.05) is 0 Å². The molecule has 0 aliphatic carbocycles. The summed E-state index contributed by atoms with van der Waals surface area (Å²) in [5, 5.41) is 1.44. The van der Waals surface area contributed by atoms with Crippen LogP contribution in [0.5, 0.6) is 0 Å². The van der Waals surface area contributed by atoms with Crippen LogP contribution >= 0.6 is 0 Å². The van der Waals surface area contributed by atoms with Crippen LogP contribution in [-0.2, 0) is 0 Å². The highest BCUT2D eigenvalue weighted by Crippen LogP contribution is 2.08. The highest BCUT2D eigenvalue weighted by molar-refractivity contribution is 6.55. The Kier molecular flexibility index (Phi) is 3.77. The molecular formula is C8H18AlN. The Morgan fingerprint density at radius 2 is 1.70 bits per heavy atom. The Labute approximate surface area is 68.8 Å². The van der Waals surface area contributed by atoms with Gasteiger partial charge in [0.25, 0.3) is 14.1 Å². The van der Waals surface area contributed by atoms with Gasteiger partial charge in [-0.15, -0.1) is 11.6 Å². The summed E-state index contributed by atoms with van der Waals surface area (Å²) in [6.45, 7) is 2.76. The third-order valence-corrected chi connectivity index (χ3v) is 3.32. The number of nitrogens with zero attached hydrogens (tertiary/aromatic N) is 1. The second-order valence-corrected chi connectivity index (χ2v) is 6.91. The van der Waals surface area contributed by atoms with E-state index in [4.69, 9.17) is 0 Å². The minimum atomic E-state index is -0.318. The molecule has 1 rings (SSSR count). The van der Waals surface area contributed by atoms with Gasteiger partial charge in [0.1, 0.15) is 0 Å². The molecule has 0 aromatic carbocycles. The van der Waals surface area contributed by atoms with Gasteiger partial charge >= 0.3 is 0 Å². The molecule has 1 heterocycles. The van der Waals surface area contributed by atoms with E-state index in [2.05, 4.69) is 16.5 Å². The molecule has 0 bridgehead atoms. The zero-order valence-electron chi connectivity index (χ0n) is 7.27. The van der Waals surface area contributed by atoms with Crippen LogP contribution in [0.1, 0.15) is 19.3 Å². The number of piperidine rings is 1. The van der Waals surface area contributed by atoms with Gasteiger partial charge in [-0.25, -0.2) is 0 Å². The van der Waals surface area contributed by atoms with E-state index in [0.717, 1.165) is 0 Å². The third-order valence-electron chi connectivity index (χ3n) is 2.07. The highest BCUT2D eigenvalue weighted by Gasteiger charge is 2.12. The van der Waals surface area contributed by atoms with Crippen LogP contribution in [0.25, 0.3) is 0 Å². The van der Waals surface area contributed by atoms with E-state index in [9.17, 15) is 0 Å². The van der Waals surface area contributed by atoms with Crippen molar-refractivity contribution < 1.29 is 0 Å². The van der Waals surface area contributed by atoms with E-state index < -0.39 is 0 Å². The Morgan fingerprint density at radius 3 is 2.20 bits per heavy atom. The van der Waals surface area contributed by atoms with Crippen molar-refractivity contribution in [1.29, 1.82) is 0 Å². The maximum atomic E-state index is 2.65. The molecule has 0 aromatic rings. The minimum absolute atomic E-state index is 0.318. The van der Waals surface area contributed by atoms with Crippen LogP contribution < -0.4 is 0 Å². The Hall–Kier alpha value is 0.492. The monoisotopic (exact) mass is 155 g/mol. The Bertz CT molecular complexity index is 87.3. The maximum Gasteiger partial charge on any atom is 0.275 e. The van der Waals surface area contributed by atoms with Gasteiger partial charge in [0.05, 0.1) is 0 Å². The van der Waals surface area contributed by atoms with E-state index >= 15 is 0 Å². The van der Waals surface area contributed by atoms with Gasteiger partial charge < -0.3 is 4.90 Å². The van der Waals surface area contributed by atoms with E-state index in [-0.39, 0.29) is 14.1 Å². The number of hydrogen-bond donors (Lipinski definition) is 0. The lowest BCUT2D eigenvalue weighted by Gasteiger charge is -2.27. The molecule has 0 unspecified atom stereocenters. The predicted molar refractivity (Wildman–Crippen MR) is 47.8 cm³/mol. The molecule has 10 heavy (non-hydrogen) atoms. The maximum absolute atomic E-state index is 2.65. The molecule has 0 N–H and O–H groups in total. The smallest absolute Gasteiger partial charge is 0.275 e. The standard InChI is InChI=1S/C6H12N.2CH3.Al/c1-7-5-3-2-4-6-7;;;/h1-6H2;2*1H3;. The van der Waals surface area contributed by atoms with E-state index in [1.54, 1.807) is 0 Å². The summed E-state index contributed by atoms with van der Waals surface area (Å²) in [6, 6.07) is 0. The topological polar surface area (TPSA) is 3.24 Å². The first kappa shape index (κ1) is 8.59. The van der Waals surface area contributed by atoms with Crippen molar-refractivity contribution in [2.24, 2.45) is 0 Å². The minimum Gasteiger partial charge on any atom is -0.316 e. The summed E-state index contributed by atoms with van der Waals surface area (Å²) < 4.78 is 0. The molecule has 0 radical (unpaired) electrons. The number of hydrogen-bond acceptors (Lipinski definition) is 1. The fraction of sp³-hybridized carbons (Fsp3) is 1.00. The van der Waals surface area contributed by atoms with Crippen LogP contribution in [0.4, 0.5) is 0 Å². The van der Waals surface area contributed by atoms with Crippen LogP contribution in [0.2, 0.25) is 11.6 Å². The van der Waals surface area contributed by atoms with Crippen LogP contribution in [-0.4, -0.2) is 37.5 Å². The summed E-state index contributed by atoms with van der Waals surface area (Å²) in [4.78, 5) is 2.65. The lowest BCUT2D eigenvalue weighted by atomic mass is 10.1. The molecule has 0 atom stereocenters. The van der Waals surface area contributed by atoms with Gasteiger partial charge in [0.2, 0.25) is 0 Å². The lowest BCUT2D eigenvalue weighted by molar-refractivity contribution is 0.261. The zero-order chi connectivity index (χ0) is 7.40. The van der Waals surface area contributed by atoms with Crippen LogP contribution in [0.15, 0.2) is 0 Å². The lowest BCUT2D eigenvalue weighted by Crippen LogP contribution is -2.35. The van der Waals surface area contributed by atoms with Gasteiger partial charge in [-0.05, 0) is 31.3 Å². The summed E-state index contributed by atoms with van der Waals surface area (Å²) in [5.74, 6) is 4.88. The Morgan fingerprint density at radius 1 is 1.10 bits per heavy atom. The summed E-state index contributed by atoms with van der Waals surface area (Å²) in [7, 11) is 0. The molecule has 1 nitrogen and oxygen atoms in total. The van der Waals surface area contributed by atoms with Crippen LogP contribution in [0.3, 0.4) is 0 Å². The normalized spacial score (nSPS) is 21.0. The Balaban J connectivity index is 2.13.